The lowest BCUT2D eigenvalue weighted by Crippen LogP contribution is -2.32. The molecular weight excluding hydrogens is 697 g/mol. The zero-order valence-electron chi connectivity index (χ0n) is 31.0. The Morgan fingerprint density at radius 2 is 1.44 bits per heavy atom. The molecule has 0 N–H and O–H groups in total. The molecule has 2 aliphatic heterocycles. The predicted molar refractivity (Wildman–Crippen MR) is 216 cm³/mol. The molecule has 8 rings (SSSR count). The molecule has 0 saturated carbocycles. The van der Waals surface area contributed by atoms with E-state index in [1.54, 1.807) is 0 Å². The molecule has 5 aromatic carbocycles. The summed E-state index contributed by atoms with van der Waals surface area (Å²) in [5.74, 6) is 0.263. The zero-order valence-corrected chi connectivity index (χ0v) is 31.8. The molecule has 0 amide bonds. The highest BCUT2D eigenvalue weighted by Gasteiger charge is 2.38. The van der Waals surface area contributed by atoms with Gasteiger partial charge in [-0.1, -0.05) is 138 Å². The maximum absolute atomic E-state index is 12.7. The van der Waals surface area contributed by atoms with Crippen molar-refractivity contribution in [2.24, 2.45) is 16.2 Å². The van der Waals surface area contributed by atoms with Gasteiger partial charge in [0.05, 0.1) is 17.2 Å². The number of Topliss-reactive ketones (excluding diaryl/α,β-unsaturated/α-hetero) is 1. The highest BCUT2D eigenvalue weighted by molar-refractivity contribution is 8.00. The Morgan fingerprint density at radius 1 is 0.778 bits per heavy atom. The molecule has 0 fully saturated rings. The van der Waals surface area contributed by atoms with Gasteiger partial charge in [-0.25, -0.2) is 9.59 Å². The second-order valence-electron chi connectivity index (χ2n) is 12.9. The molecule has 0 radical (unpaired) electrons. The van der Waals surface area contributed by atoms with Crippen LogP contribution in [0.2, 0.25) is 0 Å². The molecular formula is C45H42N2O6S. The summed E-state index contributed by atoms with van der Waals surface area (Å²) >= 11 is 1.86. The Hall–Kier alpha value is -5.80. The molecule has 0 bridgehead atoms. The molecule has 54 heavy (non-hydrogen) atoms. The summed E-state index contributed by atoms with van der Waals surface area (Å²) in [6, 6.07) is 33.9. The van der Waals surface area contributed by atoms with Crippen LogP contribution in [0.15, 0.2) is 142 Å². The molecule has 0 aromatic heterocycles. The SMILES string of the molecule is CC(=O)O/N=C(/C)c1cccc2ccccc12.CC(=O)O/N=C1\COc2ccc3ccccc3c21.CCC1=CC2C(=O)c3ccccc3SC2C(CC)=C1. The van der Waals surface area contributed by atoms with Gasteiger partial charge in [0, 0.05) is 35.1 Å². The van der Waals surface area contributed by atoms with Gasteiger partial charge in [0.15, 0.2) is 5.78 Å². The van der Waals surface area contributed by atoms with Crippen LogP contribution in [-0.2, 0) is 19.3 Å². The first kappa shape index (κ1) is 37.9. The number of benzene rings is 5. The van der Waals surface area contributed by atoms with Crippen LogP contribution in [0, 0.1) is 5.92 Å². The molecule has 0 saturated heterocycles. The molecule has 0 spiro atoms. The van der Waals surface area contributed by atoms with Crippen LogP contribution < -0.4 is 4.74 Å². The molecule has 2 heterocycles. The quantitative estimate of drug-likeness (QED) is 0.100. The lowest BCUT2D eigenvalue weighted by molar-refractivity contribution is -0.141. The third-order valence-corrected chi connectivity index (χ3v) is 10.8. The van der Waals surface area contributed by atoms with Crippen molar-refractivity contribution in [1.29, 1.82) is 0 Å². The lowest BCUT2D eigenvalue weighted by Gasteiger charge is -2.34. The normalized spacial score (nSPS) is 17.7. The number of ketones is 1. The molecule has 3 aliphatic rings. The maximum Gasteiger partial charge on any atom is 0.331 e. The summed E-state index contributed by atoms with van der Waals surface area (Å²) in [5, 5.41) is 12.4. The summed E-state index contributed by atoms with van der Waals surface area (Å²) in [5.41, 5.74) is 6.86. The van der Waals surface area contributed by atoms with Crippen molar-refractivity contribution in [3.63, 3.8) is 0 Å². The van der Waals surface area contributed by atoms with Gasteiger partial charge in [0.25, 0.3) is 0 Å². The van der Waals surface area contributed by atoms with Gasteiger partial charge in [-0.05, 0) is 53.4 Å². The average molecular weight is 739 g/mol. The smallest absolute Gasteiger partial charge is 0.331 e. The summed E-state index contributed by atoms with van der Waals surface area (Å²) in [4.78, 5) is 44.7. The number of ether oxygens (including phenoxy) is 1. The van der Waals surface area contributed by atoms with Crippen molar-refractivity contribution < 1.29 is 28.8 Å². The molecule has 9 heteroatoms. The highest BCUT2D eigenvalue weighted by Crippen LogP contribution is 2.45. The predicted octanol–water partition coefficient (Wildman–Crippen LogP) is 10.3. The number of fused-ring (bicyclic) bond motifs is 6. The summed E-state index contributed by atoms with van der Waals surface area (Å²) < 4.78 is 5.53. The van der Waals surface area contributed by atoms with E-state index in [0.29, 0.717) is 29.1 Å². The topological polar surface area (TPSA) is 104 Å². The van der Waals surface area contributed by atoms with Crippen LogP contribution in [0.1, 0.15) is 68.9 Å². The molecule has 1 aliphatic carbocycles. The van der Waals surface area contributed by atoms with E-state index in [-0.39, 0.29) is 5.92 Å². The second-order valence-corrected chi connectivity index (χ2v) is 14.1. The monoisotopic (exact) mass is 738 g/mol. The van der Waals surface area contributed by atoms with Gasteiger partial charge in [-0.2, -0.15) is 0 Å². The third kappa shape index (κ3) is 8.53. The van der Waals surface area contributed by atoms with Crippen molar-refractivity contribution >= 4 is 62.5 Å². The Kier molecular flexibility index (Phi) is 12.2. The Balaban J connectivity index is 0.000000138. The van der Waals surface area contributed by atoms with E-state index >= 15 is 0 Å². The standard InChI is InChI=1S/C17H18OS.C14H11NO3.C14H13NO2/c1-3-11-9-12(4-2)17-14(10-11)16(18)13-7-5-6-8-15(13)19-17;1-9(16)18-15-12-8-17-13-7-6-10-4-2-3-5-11(10)14(12)13;1-10(15-17-11(2)16)13-9-5-7-12-6-3-4-8-14(12)13/h5-10,14,17H,3-4H2,1-2H3;2-7H,8H2,1H3;3-9H,1-2H3/b;15-12+;15-10-. The van der Waals surface area contributed by atoms with E-state index in [1.165, 1.54) is 25.0 Å². The van der Waals surface area contributed by atoms with Crippen LogP contribution in [0.3, 0.4) is 0 Å². The number of allylic oxidation sites excluding steroid dienone is 3. The summed E-state index contributed by atoms with van der Waals surface area (Å²) in [6.07, 6.45) is 6.53. The van der Waals surface area contributed by atoms with E-state index in [9.17, 15) is 14.4 Å². The lowest BCUT2D eigenvalue weighted by atomic mass is 9.82. The van der Waals surface area contributed by atoms with Crippen molar-refractivity contribution in [2.45, 2.75) is 57.6 Å². The van der Waals surface area contributed by atoms with Crippen LogP contribution in [-0.4, -0.2) is 41.0 Å². The van der Waals surface area contributed by atoms with Gasteiger partial charge in [-0.3, -0.25) is 4.79 Å². The number of carbonyl (C=O) groups is 3. The molecule has 2 unspecified atom stereocenters. The summed E-state index contributed by atoms with van der Waals surface area (Å²) in [6.45, 7) is 9.16. The van der Waals surface area contributed by atoms with Crippen molar-refractivity contribution in [1.82, 2.24) is 0 Å². The first-order chi connectivity index (χ1) is 26.2. The fourth-order valence-corrected chi connectivity index (χ4v) is 8.15. The van der Waals surface area contributed by atoms with Crippen molar-refractivity contribution in [2.75, 3.05) is 6.61 Å². The van der Waals surface area contributed by atoms with Gasteiger partial charge in [0.1, 0.15) is 18.1 Å². The van der Waals surface area contributed by atoms with Crippen LogP contribution in [0.4, 0.5) is 0 Å². The number of oxime groups is 2. The molecule has 5 aromatic rings. The number of hydrogen-bond donors (Lipinski definition) is 0. The number of nitrogens with zero attached hydrogens (tertiary/aromatic N) is 2. The minimum Gasteiger partial charge on any atom is -0.486 e. The largest absolute Gasteiger partial charge is 0.486 e. The minimum atomic E-state index is -0.434. The van der Waals surface area contributed by atoms with Crippen LogP contribution >= 0.6 is 11.8 Å². The maximum atomic E-state index is 12.7. The van der Waals surface area contributed by atoms with E-state index < -0.39 is 11.9 Å². The molecule has 8 nitrogen and oxygen atoms in total. The van der Waals surface area contributed by atoms with E-state index in [0.717, 1.165) is 61.7 Å². The van der Waals surface area contributed by atoms with Crippen molar-refractivity contribution in [3.05, 3.63) is 143 Å². The summed E-state index contributed by atoms with van der Waals surface area (Å²) in [7, 11) is 0. The Morgan fingerprint density at radius 3 is 2.17 bits per heavy atom. The number of rotatable bonds is 5. The second kappa shape index (κ2) is 17.4. The molecule has 2 atom stereocenters. The minimum absolute atomic E-state index is 0.0369. The molecule has 274 valence electrons. The van der Waals surface area contributed by atoms with Gasteiger partial charge >= 0.3 is 11.9 Å². The fraction of sp³-hybridized carbons (Fsp3) is 0.222. The first-order valence-corrected chi connectivity index (χ1v) is 18.9. The van der Waals surface area contributed by atoms with E-state index in [4.69, 9.17) is 9.57 Å². The average Bonchev–Trinajstić information content (AvgIpc) is 3.63. The fourth-order valence-electron chi connectivity index (χ4n) is 6.69. The van der Waals surface area contributed by atoms with Gasteiger partial charge in [0.2, 0.25) is 0 Å². The van der Waals surface area contributed by atoms with Gasteiger partial charge < -0.3 is 14.4 Å². The number of carbonyl (C=O) groups excluding carboxylic acids is 3. The number of hydrogen-bond acceptors (Lipinski definition) is 9. The van der Waals surface area contributed by atoms with Crippen molar-refractivity contribution in [3.8, 4) is 5.75 Å². The third-order valence-electron chi connectivity index (χ3n) is 9.30. The highest BCUT2D eigenvalue weighted by atomic mass is 32.2. The van der Waals surface area contributed by atoms with Crippen LogP contribution in [0.5, 0.6) is 5.75 Å². The van der Waals surface area contributed by atoms with E-state index in [2.05, 4.69) is 47.2 Å². The first-order valence-electron chi connectivity index (χ1n) is 18.0. The Labute approximate surface area is 319 Å². The van der Waals surface area contributed by atoms with Gasteiger partial charge in [-0.15, -0.1) is 11.8 Å². The number of thioether (sulfide) groups is 1. The Bertz CT molecular complexity index is 2350. The van der Waals surface area contributed by atoms with Crippen LogP contribution in [0.25, 0.3) is 21.5 Å². The zero-order chi connectivity index (χ0) is 38.2. The van der Waals surface area contributed by atoms with E-state index in [1.807, 2.05) is 116 Å².